The SMILES string of the molecule is CCOC(=O)c1nc(-c2ccc(C)c(OC)c2)oc1N. The van der Waals surface area contributed by atoms with Crippen molar-refractivity contribution >= 4 is 11.9 Å². The van der Waals surface area contributed by atoms with Crippen molar-refractivity contribution in [1.82, 2.24) is 4.98 Å². The largest absolute Gasteiger partial charge is 0.496 e. The van der Waals surface area contributed by atoms with Gasteiger partial charge in [0.2, 0.25) is 17.5 Å². The molecule has 0 aliphatic rings. The Morgan fingerprint density at radius 2 is 2.20 bits per heavy atom. The number of carbonyl (C=O) groups excluding carboxylic acids is 1. The van der Waals surface area contributed by atoms with Crippen molar-refractivity contribution in [3.8, 4) is 17.2 Å². The van der Waals surface area contributed by atoms with E-state index in [1.807, 2.05) is 19.1 Å². The minimum absolute atomic E-state index is 0.0126. The summed E-state index contributed by atoms with van der Waals surface area (Å²) in [6, 6.07) is 5.46. The molecule has 1 aromatic carbocycles. The first-order valence-corrected chi connectivity index (χ1v) is 6.15. The number of aryl methyl sites for hydroxylation is 1. The van der Waals surface area contributed by atoms with Gasteiger partial charge in [-0.1, -0.05) is 6.07 Å². The third-order valence-corrected chi connectivity index (χ3v) is 2.78. The Balaban J connectivity index is 2.39. The molecule has 0 fully saturated rings. The van der Waals surface area contributed by atoms with E-state index in [0.717, 1.165) is 5.56 Å². The van der Waals surface area contributed by atoms with Crippen molar-refractivity contribution < 1.29 is 18.7 Å². The van der Waals surface area contributed by atoms with E-state index in [4.69, 9.17) is 19.6 Å². The van der Waals surface area contributed by atoms with Crippen LogP contribution in [0.15, 0.2) is 22.6 Å². The van der Waals surface area contributed by atoms with Crippen LogP contribution in [0.2, 0.25) is 0 Å². The second-order valence-corrected chi connectivity index (χ2v) is 4.14. The number of methoxy groups -OCH3 is 1. The van der Waals surface area contributed by atoms with Crippen LogP contribution in [0, 0.1) is 6.92 Å². The number of anilines is 1. The van der Waals surface area contributed by atoms with E-state index in [9.17, 15) is 4.79 Å². The minimum Gasteiger partial charge on any atom is -0.496 e. The minimum atomic E-state index is -0.598. The zero-order valence-electron chi connectivity index (χ0n) is 11.6. The summed E-state index contributed by atoms with van der Waals surface area (Å²) in [6.45, 7) is 3.88. The second kappa shape index (κ2) is 5.64. The van der Waals surface area contributed by atoms with Crippen molar-refractivity contribution in [3.63, 3.8) is 0 Å². The lowest BCUT2D eigenvalue weighted by Gasteiger charge is -2.05. The number of benzene rings is 1. The molecule has 1 aromatic heterocycles. The molecule has 0 unspecified atom stereocenters. The summed E-state index contributed by atoms with van der Waals surface area (Å²) in [4.78, 5) is 15.7. The molecule has 1 heterocycles. The summed E-state index contributed by atoms with van der Waals surface area (Å²) in [5.41, 5.74) is 7.30. The molecule has 0 bridgehead atoms. The summed E-state index contributed by atoms with van der Waals surface area (Å²) < 4.78 is 15.4. The van der Waals surface area contributed by atoms with Crippen LogP contribution in [0.3, 0.4) is 0 Å². The fourth-order valence-electron chi connectivity index (χ4n) is 1.75. The monoisotopic (exact) mass is 276 g/mol. The number of nitrogens with zero attached hydrogens (tertiary/aromatic N) is 1. The predicted octanol–water partition coefficient (Wildman–Crippen LogP) is 2.42. The van der Waals surface area contributed by atoms with E-state index in [2.05, 4.69) is 4.98 Å². The summed E-state index contributed by atoms with van der Waals surface area (Å²) >= 11 is 0. The van der Waals surface area contributed by atoms with Gasteiger partial charge in [-0.25, -0.2) is 4.79 Å². The van der Waals surface area contributed by atoms with Gasteiger partial charge in [0, 0.05) is 5.56 Å². The van der Waals surface area contributed by atoms with Crippen LogP contribution in [0.4, 0.5) is 5.88 Å². The number of ether oxygens (including phenoxy) is 2. The number of oxazole rings is 1. The predicted molar refractivity (Wildman–Crippen MR) is 73.6 cm³/mol. The molecule has 0 radical (unpaired) electrons. The number of carbonyl (C=O) groups is 1. The molecule has 0 saturated carbocycles. The van der Waals surface area contributed by atoms with Crippen molar-refractivity contribution in [3.05, 3.63) is 29.5 Å². The Kier molecular flexibility index (Phi) is 3.93. The first kappa shape index (κ1) is 13.9. The number of hydrogen-bond acceptors (Lipinski definition) is 6. The van der Waals surface area contributed by atoms with E-state index in [-0.39, 0.29) is 24.1 Å². The maximum atomic E-state index is 11.6. The van der Waals surface area contributed by atoms with E-state index in [0.29, 0.717) is 11.3 Å². The highest BCUT2D eigenvalue weighted by Gasteiger charge is 2.20. The zero-order valence-corrected chi connectivity index (χ0v) is 11.6. The highest BCUT2D eigenvalue weighted by molar-refractivity contribution is 5.92. The lowest BCUT2D eigenvalue weighted by atomic mass is 10.1. The molecule has 0 atom stereocenters. The average Bonchev–Trinajstić information content (AvgIpc) is 2.82. The Hall–Kier alpha value is -2.50. The lowest BCUT2D eigenvalue weighted by molar-refractivity contribution is 0.0521. The number of nitrogen functional groups attached to an aromatic ring is 1. The van der Waals surface area contributed by atoms with Gasteiger partial charge in [0.15, 0.2) is 0 Å². The van der Waals surface area contributed by atoms with E-state index >= 15 is 0 Å². The maximum absolute atomic E-state index is 11.6. The molecule has 0 aliphatic heterocycles. The maximum Gasteiger partial charge on any atom is 0.362 e. The summed E-state index contributed by atoms with van der Waals surface area (Å²) in [5, 5.41) is 0. The van der Waals surface area contributed by atoms with E-state index < -0.39 is 5.97 Å². The molecule has 0 spiro atoms. The summed E-state index contributed by atoms with van der Waals surface area (Å²) in [7, 11) is 1.58. The number of rotatable bonds is 4. The fourth-order valence-corrected chi connectivity index (χ4v) is 1.75. The summed E-state index contributed by atoms with van der Waals surface area (Å²) in [5.74, 6) is 0.304. The first-order valence-electron chi connectivity index (χ1n) is 6.15. The Bertz CT molecular complexity index is 634. The van der Waals surface area contributed by atoms with Gasteiger partial charge in [-0.05, 0) is 31.5 Å². The van der Waals surface area contributed by atoms with Crippen LogP contribution < -0.4 is 10.5 Å². The Morgan fingerprint density at radius 3 is 2.85 bits per heavy atom. The molecular weight excluding hydrogens is 260 g/mol. The van der Waals surface area contributed by atoms with Crippen LogP contribution in [0.1, 0.15) is 23.0 Å². The van der Waals surface area contributed by atoms with Gasteiger partial charge >= 0.3 is 5.97 Å². The third kappa shape index (κ3) is 2.59. The van der Waals surface area contributed by atoms with Gasteiger partial charge in [-0.3, -0.25) is 0 Å². The van der Waals surface area contributed by atoms with Gasteiger partial charge in [0.05, 0.1) is 13.7 Å². The lowest BCUT2D eigenvalue weighted by Crippen LogP contribution is -2.07. The Labute approximate surface area is 116 Å². The van der Waals surface area contributed by atoms with Crippen LogP contribution in [0.25, 0.3) is 11.5 Å². The molecule has 0 amide bonds. The molecule has 2 aromatic rings. The highest BCUT2D eigenvalue weighted by Crippen LogP contribution is 2.28. The molecular formula is C14H16N2O4. The average molecular weight is 276 g/mol. The quantitative estimate of drug-likeness (QED) is 0.863. The molecule has 6 nitrogen and oxygen atoms in total. The smallest absolute Gasteiger partial charge is 0.362 e. The summed E-state index contributed by atoms with van der Waals surface area (Å²) in [6.07, 6.45) is 0. The number of esters is 1. The topological polar surface area (TPSA) is 87.6 Å². The normalized spacial score (nSPS) is 10.3. The van der Waals surface area contributed by atoms with Gasteiger partial charge in [-0.15, -0.1) is 0 Å². The fraction of sp³-hybridized carbons (Fsp3) is 0.286. The van der Waals surface area contributed by atoms with Crippen LogP contribution in [0.5, 0.6) is 5.75 Å². The molecule has 106 valence electrons. The van der Waals surface area contributed by atoms with Gasteiger partial charge in [-0.2, -0.15) is 4.98 Å². The number of nitrogens with two attached hydrogens (primary N) is 1. The van der Waals surface area contributed by atoms with Crippen molar-refractivity contribution in [2.75, 3.05) is 19.5 Å². The second-order valence-electron chi connectivity index (χ2n) is 4.14. The standard InChI is InChI=1S/C14H16N2O4/c1-4-19-14(17)11-12(15)20-13(16-11)9-6-5-8(2)10(7-9)18-3/h5-7H,4,15H2,1-3H3. The zero-order chi connectivity index (χ0) is 14.7. The molecule has 20 heavy (non-hydrogen) atoms. The molecule has 0 aliphatic carbocycles. The van der Waals surface area contributed by atoms with Crippen LogP contribution >= 0.6 is 0 Å². The first-order chi connectivity index (χ1) is 9.56. The van der Waals surface area contributed by atoms with Gasteiger partial charge < -0.3 is 19.6 Å². The van der Waals surface area contributed by atoms with E-state index in [1.54, 1.807) is 20.1 Å². The molecule has 2 N–H and O–H groups in total. The van der Waals surface area contributed by atoms with Crippen molar-refractivity contribution in [2.24, 2.45) is 0 Å². The van der Waals surface area contributed by atoms with Gasteiger partial charge in [0.25, 0.3) is 0 Å². The van der Waals surface area contributed by atoms with Gasteiger partial charge in [0.1, 0.15) is 5.75 Å². The molecule has 2 rings (SSSR count). The Morgan fingerprint density at radius 1 is 1.45 bits per heavy atom. The third-order valence-electron chi connectivity index (χ3n) is 2.78. The highest BCUT2D eigenvalue weighted by atomic mass is 16.5. The molecule has 0 saturated heterocycles. The van der Waals surface area contributed by atoms with Crippen molar-refractivity contribution in [2.45, 2.75) is 13.8 Å². The van der Waals surface area contributed by atoms with Crippen LogP contribution in [-0.4, -0.2) is 24.7 Å². The van der Waals surface area contributed by atoms with E-state index in [1.165, 1.54) is 0 Å². The number of aromatic nitrogens is 1. The molecule has 6 heteroatoms. The van der Waals surface area contributed by atoms with Crippen molar-refractivity contribution in [1.29, 1.82) is 0 Å². The number of hydrogen-bond donors (Lipinski definition) is 1. The van der Waals surface area contributed by atoms with Crippen LogP contribution in [-0.2, 0) is 4.74 Å².